The van der Waals surface area contributed by atoms with Crippen LogP contribution in [0.5, 0.6) is 11.5 Å². The molecule has 3 rings (SSSR count). The van der Waals surface area contributed by atoms with E-state index in [-0.39, 0.29) is 11.9 Å². The molecule has 3 nitrogen and oxygen atoms in total. The van der Waals surface area contributed by atoms with E-state index in [4.69, 9.17) is 9.47 Å². The molecule has 2 aromatic carbocycles. The molecule has 0 fully saturated rings. The van der Waals surface area contributed by atoms with Crippen molar-refractivity contribution < 1.29 is 14.3 Å². The minimum Gasteiger partial charge on any atom is -0.497 e. The lowest BCUT2D eigenvalue weighted by Crippen LogP contribution is -2.05. The number of ether oxygens (including phenoxy) is 2. The van der Waals surface area contributed by atoms with E-state index in [0.717, 1.165) is 29.0 Å². The highest BCUT2D eigenvalue weighted by molar-refractivity contribution is 6.07. The largest absolute Gasteiger partial charge is 0.497 e. The van der Waals surface area contributed by atoms with E-state index < -0.39 is 0 Å². The number of rotatable bonds is 4. The summed E-state index contributed by atoms with van der Waals surface area (Å²) in [5.41, 5.74) is 2.77. The van der Waals surface area contributed by atoms with Gasteiger partial charge in [-0.15, -0.1) is 0 Å². The predicted octanol–water partition coefficient (Wildman–Crippen LogP) is 3.91. The molecule has 0 radical (unpaired) electrons. The van der Waals surface area contributed by atoms with Gasteiger partial charge in [-0.05, 0) is 54.5 Å². The number of carbonyl (C=O) groups is 1. The van der Waals surface area contributed by atoms with Crippen LogP contribution in [0.4, 0.5) is 0 Å². The molecule has 3 heteroatoms. The summed E-state index contributed by atoms with van der Waals surface area (Å²) in [5.74, 6) is 1.69. The third-order valence-corrected chi connectivity index (χ3v) is 3.72. The number of carbonyl (C=O) groups excluding carboxylic acids is 1. The Hall–Kier alpha value is -2.55. The van der Waals surface area contributed by atoms with Crippen molar-refractivity contribution in [3.63, 3.8) is 0 Å². The zero-order valence-corrected chi connectivity index (χ0v) is 12.7. The number of ketones is 1. The summed E-state index contributed by atoms with van der Waals surface area (Å²) in [6.45, 7) is 2.03. The van der Waals surface area contributed by atoms with Gasteiger partial charge in [0.1, 0.15) is 17.6 Å². The fraction of sp³-hybridized carbons (Fsp3) is 0.211. The standard InChI is InChI=1S/C19H18O3/c1-13-11-16-12-15(6-10-19(16)22-13)18(20)9-5-14-3-7-17(21-2)8-4-14/h3-10,12-13H,11H2,1-2H3/b9-5+/t13-/m0/s1. The first-order valence-corrected chi connectivity index (χ1v) is 7.32. The molecule has 22 heavy (non-hydrogen) atoms. The maximum atomic E-state index is 12.3. The van der Waals surface area contributed by atoms with Gasteiger partial charge in [0.25, 0.3) is 0 Å². The topological polar surface area (TPSA) is 35.5 Å². The molecule has 0 aliphatic carbocycles. The van der Waals surface area contributed by atoms with Gasteiger partial charge in [0.05, 0.1) is 7.11 Å². The van der Waals surface area contributed by atoms with Gasteiger partial charge >= 0.3 is 0 Å². The van der Waals surface area contributed by atoms with Gasteiger partial charge in [-0.1, -0.05) is 18.2 Å². The Kier molecular flexibility index (Phi) is 3.96. The molecule has 0 aromatic heterocycles. The van der Waals surface area contributed by atoms with E-state index in [1.165, 1.54) is 0 Å². The summed E-state index contributed by atoms with van der Waals surface area (Å²) in [6, 6.07) is 13.2. The van der Waals surface area contributed by atoms with E-state index in [1.807, 2.05) is 55.5 Å². The monoisotopic (exact) mass is 294 g/mol. The Morgan fingerprint density at radius 3 is 2.73 bits per heavy atom. The quantitative estimate of drug-likeness (QED) is 0.633. The molecule has 0 N–H and O–H groups in total. The minimum atomic E-state index is -0.00169. The number of hydrogen-bond acceptors (Lipinski definition) is 3. The molecule has 0 amide bonds. The maximum absolute atomic E-state index is 12.3. The highest BCUT2D eigenvalue weighted by Gasteiger charge is 2.19. The van der Waals surface area contributed by atoms with Crippen LogP contribution in [0.15, 0.2) is 48.5 Å². The van der Waals surface area contributed by atoms with Crippen LogP contribution in [0.2, 0.25) is 0 Å². The molecule has 1 aliphatic heterocycles. The summed E-state index contributed by atoms with van der Waals surface area (Å²) >= 11 is 0. The first kappa shape index (κ1) is 14.4. The third-order valence-electron chi connectivity index (χ3n) is 3.72. The van der Waals surface area contributed by atoms with Crippen molar-refractivity contribution in [1.82, 2.24) is 0 Å². The normalized spacial score (nSPS) is 16.4. The number of allylic oxidation sites excluding steroid dienone is 1. The van der Waals surface area contributed by atoms with Crippen LogP contribution in [-0.4, -0.2) is 19.0 Å². The van der Waals surface area contributed by atoms with E-state index in [1.54, 1.807) is 13.2 Å². The van der Waals surface area contributed by atoms with Crippen molar-refractivity contribution in [2.24, 2.45) is 0 Å². The third kappa shape index (κ3) is 3.03. The first-order valence-electron chi connectivity index (χ1n) is 7.32. The SMILES string of the molecule is COc1ccc(/C=C/C(=O)c2ccc3c(c2)C[C@H](C)O3)cc1. The smallest absolute Gasteiger partial charge is 0.185 e. The lowest BCUT2D eigenvalue weighted by Gasteiger charge is -2.02. The van der Waals surface area contributed by atoms with Crippen LogP contribution >= 0.6 is 0 Å². The van der Waals surface area contributed by atoms with Crippen LogP contribution in [0.3, 0.4) is 0 Å². The average molecular weight is 294 g/mol. The second-order valence-electron chi connectivity index (χ2n) is 5.43. The van der Waals surface area contributed by atoms with Crippen molar-refractivity contribution >= 4 is 11.9 Å². The lowest BCUT2D eigenvalue weighted by molar-refractivity contribution is 0.104. The molecule has 0 spiro atoms. The zero-order valence-electron chi connectivity index (χ0n) is 12.7. The zero-order chi connectivity index (χ0) is 15.5. The van der Waals surface area contributed by atoms with E-state index in [9.17, 15) is 4.79 Å². The van der Waals surface area contributed by atoms with Crippen LogP contribution < -0.4 is 9.47 Å². The fourth-order valence-electron chi connectivity index (χ4n) is 2.56. The molecule has 0 saturated carbocycles. The molecule has 2 aromatic rings. The summed E-state index contributed by atoms with van der Waals surface area (Å²) < 4.78 is 10.8. The van der Waals surface area contributed by atoms with Gasteiger partial charge in [0, 0.05) is 12.0 Å². The predicted molar refractivity (Wildman–Crippen MR) is 86.6 cm³/mol. The van der Waals surface area contributed by atoms with Crippen molar-refractivity contribution in [1.29, 1.82) is 0 Å². The van der Waals surface area contributed by atoms with Crippen molar-refractivity contribution in [3.8, 4) is 11.5 Å². The molecule has 0 unspecified atom stereocenters. The summed E-state index contributed by atoms with van der Waals surface area (Å²) in [5, 5.41) is 0. The van der Waals surface area contributed by atoms with Gasteiger partial charge in [-0.2, -0.15) is 0 Å². The Morgan fingerprint density at radius 1 is 1.23 bits per heavy atom. The second-order valence-corrected chi connectivity index (χ2v) is 5.43. The maximum Gasteiger partial charge on any atom is 0.185 e. The molecular weight excluding hydrogens is 276 g/mol. The summed E-state index contributed by atoms with van der Waals surface area (Å²) in [6.07, 6.45) is 4.46. The highest BCUT2D eigenvalue weighted by Crippen LogP contribution is 2.29. The van der Waals surface area contributed by atoms with Crippen LogP contribution in [0.25, 0.3) is 6.08 Å². The van der Waals surface area contributed by atoms with Gasteiger partial charge in [-0.3, -0.25) is 4.79 Å². The average Bonchev–Trinajstić information content (AvgIpc) is 2.92. The summed E-state index contributed by atoms with van der Waals surface area (Å²) in [4.78, 5) is 12.3. The van der Waals surface area contributed by atoms with Crippen molar-refractivity contribution in [2.75, 3.05) is 7.11 Å². The minimum absolute atomic E-state index is 0.00169. The van der Waals surface area contributed by atoms with Crippen LogP contribution in [0, 0.1) is 0 Å². The fourth-order valence-corrected chi connectivity index (χ4v) is 2.56. The van der Waals surface area contributed by atoms with E-state index >= 15 is 0 Å². The molecule has 0 bridgehead atoms. The van der Waals surface area contributed by atoms with Crippen LogP contribution in [-0.2, 0) is 6.42 Å². The number of fused-ring (bicyclic) bond motifs is 1. The molecule has 1 atom stereocenters. The van der Waals surface area contributed by atoms with E-state index in [0.29, 0.717) is 5.56 Å². The Balaban J connectivity index is 1.74. The van der Waals surface area contributed by atoms with Gasteiger partial charge in [-0.25, -0.2) is 0 Å². The Morgan fingerprint density at radius 2 is 2.00 bits per heavy atom. The first-order chi connectivity index (χ1) is 10.7. The lowest BCUT2D eigenvalue weighted by atomic mass is 10.0. The number of benzene rings is 2. The Bertz CT molecular complexity index is 714. The number of hydrogen-bond donors (Lipinski definition) is 0. The molecule has 1 aliphatic rings. The molecule has 0 saturated heterocycles. The van der Waals surface area contributed by atoms with Crippen LogP contribution in [0.1, 0.15) is 28.4 Å². The van der Waals surface area contributed by atoms with Crippen molar-refractivity contribution in [2.45, 2.75) is 19.4 Å². The highest BCUT2D eigenvalue weighted by atomic mass is 16.5. The summed E-state index contributed by atoms with van der Waals surface area (Å²) in [7, 11) is 1.63. The molecular formula is C19H18O3. The van der Waals surface area contributed by atoms with Gasteiger partial charge in [0.2, 0.25) is 0 Å². The second kappa shape index (κ2) is 6.06. The Labute approximate surface area is 130 Å². The van der Waals surface area contributed by atoms with Gasteiger partial charge < -0.3 is 9.47 Å². The van der Waals surface area contributed by atoms with Crippen molar-refractivity contribution in [3.05, 3.63) is 65.2 Å². The van der Waals surface area contributed by atoms with E-state index in [2.05, 4.69) is 0 Å². The number of methoxy groups -OCH3 is 1. The van der Waals surface area contributed by atoms with Gasteiger partial charge in [0.15, 0.2) is 5.78 Å². The molecule has 1 heterocycles. The molecule has 112 valence electrons.